The van der Waals surface area contributed by atoms with E-state index >= 15 is 0 Å². The summed E-state index contributed by atoms with van der Waals surface area (Å²) in [6, 6.07) is 6.26. The molecule has 37 heavy (non-hydrogen) atoms. The van der Waals surface area contributed by atoms with Gasteiger partial charge in [0.25, 0.3) is 11.8 Å². The number of thioether (sulfide) groups is 1. The minimum atomic E-state index is -1.85. The third-order valence-corrected chi connectivity index (χ3v) is 6.89. The molecule has 1 aromatic rings. The highest BCUT2D eigenvalue weighted by molar-refractivity contribution is 8.03. The SMILES string of the molecule is CCOC(=O)C1(OCC)N/C(=C(\C(=O)OC)N2C(=O)c3ccccc3C2=O)SCC1C(OCC)OCC. The molecule has 0 aromatic heterocycles. The lowest BCUT2D eigenvalue weighted by atomic mass is 9.95. The van der Waals surface area contributed by atoms with Crippen LogP contribution in [0, 0.1) is 5.92 Å². The van der Waals surface area contributed by atoms with Crippen molar-refractivity contribution in [3.63, 3.8) is 0 Å². The predicted octanol–water partition coefficient (Wildman–Crippen LogP) is 2.27. The summed E-state index contributed by atoms with van der Waals surface area (Å²) in [5, 5.41) is 3.05. The zero-order valence-corrected chi connectivity index (χ0v) is 22.3. The Morgan fingerprint density at radius 3 is 2.11 bits per heavy atom. The molecule has 202 valence electrons. The lowest BCUT2D eigenvalue weighted by Gasteiger charge is -2.45. The van der Waals surface area contributed by atoms with Gasteiger partial charge in [-0.05, 0) is 39.8 Å². The highest BCUT2D eigenvalue weighted by atomic mass is 32.2. The minimum absolute atomic E-state index is 0.0471. The van der Waals surface area contributed by atoms with Crippen LogP contribution in [0.2, 0.25) is 0 Å². The molecule has 0 bridgehead atoms. The van der Waals surface area contributed by atoms with Crippen LogP contribution < -0.4 is 5.32 Å². The molecule has 0 radical (unpaired) electrons. The Morgan fingerprint density at radius 1 is 1.03 bits per heavy atom. The van der Waals surface area contributed by atoms with Gasteiger partial charge in [0.15, 0.2) is 12.0 Å². The van der Waals surface area contributed by atoms with Gasteiger partial charge in [0.1, 0.15) is 5.03 Å². The monoisotopic (exact) mass is 536 g/mol. The fourth-order valence-electron chi connectivity index (χ4n) is 4.24. The summed E-state index contributed by atoms with van der Waals surface area (Å²) < 4.78 is 27.9. The number of nitrogens with one attached hydrogen (secondary N) is 1. The summed E-state index contributed by atoms with van der Waals surface area (Å²) in [6.45, 7) is 7.71. The van der Waals surface area contributed by atoms with Gasteiger partial charge in [0.05, 0.1) is 30.8 Å². The highest BCUT2D eigenvalue weighted by Gasteiger charge is 2.57. The number of amides is 2. The number of carbonyl (C=O) groups excluding carboxylic acids is 4. The number of ether oxygens (including phenoxy) is 5. The Bertz CT molecular complexity index is 1030. The summed E-state index contributed by atoms with van der Waals surface area (Å²) >= 11 is 1.11. The van der Waals surface area contributed by atoms with Gasteiger partial charge in [-0.15, -0.1) is 11.8 Å². The van der Waals surface area contributed by atoms with Crippen LogP contribution >= 0.6 is 11.8 Å². The average molecular weight is 537 g/mol. The van der Waals surface area contributed by atoms with E-state index in [0.717, 1.165) is 23.8 Å². The Hall–Kier alpha value is -2.93. The molecular weight excluding hydrogens is 504 g/mol. The number of hydrogen-bond acceptors (Lipinski definition) is 11. The smallest absolute Gasteiger partial charge is 0.360 e. The summed E-state index contributed by atoms with van der Waals surface area (Å²) in [5.74, 6) is -3.62. The fourth-order valence-corrected chi connectivity index (χ4v) is 5.51. The van der Waals surface area contributed by atoms with E-state index in [0.29, 0.717) is 13.2 Å². The summed E-state index contributed by atoms with van der Waals surface area (Å²) in [5.41, 5.74) is -1.89. The van der Waals surface area contributed by atoms with Crippen molar-refractivity contribution in [2.45, 2.75) is 39.7 Å². The van der Waals surface area contributed by atoms with Gasteiger partial charge in [-0.3, -0.25) is 9.59 Å². The topological polar surface area (TPSA) is 130 Å². The number of benzene rings is 1. The zero-order valence-electron chi connectivity index (χ0n) is 21.5. The van der Waals surface area contributed by atoms with Gasteiger partial charge in [0, 0.05) is 25.6 Å². The van der Waals surface area contributed by atoms with E-state index in [-0.39, 0.29) is 40.8 Å². The molecule has 11 nitrogen and oxygen atoms in total. The first kappa shape index (κ1) is 28.6. The number of hydrogen-bond donors (Lipinski definition) is 1. The van der Waals surface area contributed by atoms with Crippen LogP contribution in [-0.4, -0.2) is 80.0 Å². The van der Waals surface area contributed by atoms with Crippen molar-refractivity contribution in [3.05, 3.63) is 46.1 Å². The lowest BCUT2D eigenvalue weighted by molar-refractivity contribution is -0.231. The molecule has 0 saturated carbocycles. The van der Waals surface area contributed by atoms with E-state index in [9.17, 15) is 19.2 Å². The Labute approximate surface area is 219 Å². The van der Waals surface area contributed by atoms with Gasteiger partial charge >= 0.3 is 11.9 Å². The molecule has 1 saturated heterocycles. The zero-order chi connectivity index (χ0) is 27.2. The van der Waals surface area contributed by atoms with Crippen LogP contribution in [0.3, 0.4) is 0 Å². The van der Waals surface area contributed by atoms with Crippen molar-refractivity contribution in [1.29, 1.82) is 0 Å². The molecular formula is C25H32N2O9S. The number of rotatable bonds is 11. The first-order chi connectivity index (χ1) is 17.8. The number of methoxy groups -OCH3 is 1. The lowest BCUT2D eigenvalue weighted by Crippen LogP contribution is -2.66. The van der Waals surface area contributed by atoms with Gasteiger partial charge in [-0.1, -0.05) is 12.1 Å². The molecule has 2 atom stereocenters. The summed E-state index contributed by atoms with van der Waals surface area (Å²) in [4.78, 5) is 53.7. The standard InChI is InChI=1S/C25H32N2O9S/c1-6-33-23(34-7-2)17-14-37-19(26-25(17,36-9-4)24(31)35-8-3)18(22(30)32-5)27-20(28)15-12-10-11-13-16(15)21(27)29/h10-13,17,23,26H,6-9,14H2,1-5H3/b19-18-. The summed E-state index contributed by atoms with van der Waals surface area (Å²) in [6.07, 6.45) is -0.853. The molecule has 0 spiro atoms. The first-order valence-electron chi connectivity index (χ1n) is 12.1. The maximum absolute atomic E-state index is 13.5. The first-order valence-corrected chi connectivity index (χ1v) is 13.0. The number of fused-ring (bicyclic) bond motifs is 1. The van der Waals surface area contributed by atoms with Gasteiger partial charge in [-0.25, -0.2) is 14.5 Å². The van der Waals surface area contributed by atoms with Crippen LogP contribution in [0.5, 0.6) is 0 Å². The molecule has 2 heterocycles. The Balaban J connectivity index is 2.17. The van der Waals surface area contributed by atoms with Crippen LogP contribution in [0.15, 0.2) is 35.0 Å². The third-order valence-electron chi connectivity index (χ3n) is 5.78. The second-order valence-corrected chi connectivity index (χ2v) is 8.90. The molecule has 2 aliphatic heterocycles. The number of imide groups is 1. The molecule has 2 amide bonds. The van der Waals surface area contributed by atoms with Crippen LogP contribution in [0.1, 0.15) is 48.4 Å². The molecule has 0 aliphatic carbocycles. The van der Waals surface area contributed by atoms with Crippen molar-refractivity contribution in [3.8, 4) is 0 Å². The maximum Gasteiger partial charge on any atom is 0.360 e. The maximum atomic E-state index is 13.5. The predicted molar refractivity (Wildman–Crippen MR) is 133 cm³/mol. The van der Waals surface area contributed by atoms with Crippen molar-refractivity contribution in [1.82, 2.24) is 10.2 Å². The molecule has 3 rings (SSSR count). The van der Waals surface area contributed by atoms with E-state index in [4.69, 9.17) is 23.7 Å². The average Bonchev–Trinajstić information content (AvgIpc) is 3.14. The Morgan fingerprint density at radius 2 is 1.62 bits per heavy atom. The molecule has 1 aromatic carbocycles. The summed E-state index contributed by atoms with van der Waals surface area (Å²) in [7, 11) is 1.14. The molecule has 2 aliphatic rings. The van der Waals surface area contributed by atoms with Crippen LogP contribution in [0.4, 0.5) is 0 Å². The molecule has 2 unspecified atom stereocenters. The third kappa shape index (κ3) is 5.37. The number of nitrogens with zero attached hydrogens (tertiary/aromatic N) is 1. The van der Waals surface area contributed by atoms with E-state index in [1.54, 1.807) is 39.8 Å². The van der Waals surface area contributed by atoms with E-state index in [1.807, 2.05) is 0 Å². The van der Waals surface area contributed by atoms with Crippen molar-refractivity contribution in [2.75, 3.05) is 39.3 Å². The molecule has 12 heteroatoms. The van der Waals surface area contributed by atoms with E-state index in [1.165, 1.54) is 12.1 Å². The van der Waals surface area contributed by atoms with E-state index in [2.05, 4.69) is 5.32 Å². The number of carbonyl (C=O) groups is 4. The second-order valence-electron chi connectivity index (χ2n) is 7.87. The minimum Gasteiger partial charge on any atom is -0.464 e. The van der Waals surface area contributed by atoms with Gasteiger partial charge < -0.3 is 29.0 Å². The van der Waals surface area contributed by atoms with Crippen molar-refractivity contribution < 1.29 is 42.9 Å². The van der Waals surface area contributed by atoms with Crippen LogP contribution in [0.25, 0.3) is 0 Å². The van der Waals surface area contributed by atoms with Gasteiger partial charge in [0.2, 0.25) is 5.72 Å². The highest BCUT2D eigenvalue weighted by Crippen LogP contribution is 2.41. The second kappa shape index (κ2) is 12.5. The van der Waals surface area contributed by atoms with Crippen molar-refractivity contribution >= 4 is 35.5 Å². The quantitative estimate of drug-likeness (QED) is 0.193. The normalized spacial score (nSPS) is 22.5. The van der Waals surface area contributed by atoms with Crippen molar-refractivity contribution in [2.24, 2.45) is 5.92 Å². The van der Waals surface area contributed by atoms with Gasteiger partial charge in [-0.2, -0.15) is 0 Å². The molecule has 1 fully saturated rings. The van der Waals surface area contributed by atoms with Crippen LogP contribution in [-0.2, 0) is 33.3 Å². The van der Waals surface area contributed by atoms with E-state index < -0.39 is 41.7 Å². The fraction of sp³-hybridized carbons (Fsp3) is 0.520. The largest absolute Gasteiger partial charge is 0.464 e. The Kier molecular flexibility index (Phi) is 9.71. The number of esters is 2. The molecule has 1 N–H and O–H groups in total.